The number of cyclic esters (lactones) is 1. The topological polar surface area (TPSA) is 26.3 Å². The van der Waals surface area contributed by atoms with Gasteiger partial charge >= 0.3 is 5.97 Å². The summed E-state index contributed by atoms with van der Waals surface area (Å²) in [5, 5.41) is 2.37. The Labute approximate surface area is 106 Å². The van der Waals surface area contributed by atoms with Gasteiger partial charge in [0.1, 0.15) is 6.10 Å². The third-order valence-corrected chi connectivity index (χ3v) is 3.36. The van der Waals surface area contributed by atoms with E-state index in [-0.39, 0.29) is 18.0 Å². The molecule has 2 atom stereocenters. The summed E-state index contributed by atoms with van der Waals surface area (Å²) in [4.78, 5) is 11.3. The normalized spacial score (nSPS) is 23.1. The van der Waals surface area contributed by atoms with Crippen molar-refractivity contribution in [2.24, 2.45) is 5.92 Å². The Morgan fingerprint density at radius 1 is 1.06 bits per heavy atom. The molecular weight excluding hydrogens is 224 g/mol. The lowest BCUT2D eigenvalue weighted by atomic mass is 9.93. The van der Waals surface area contributed by atoms with Crippen molar-refractivity contribution >= 4 is 16.7 Å². The molecule has 0 bridgehead atoms. The van der Waals surface area contributed by atoms with Crippen LogP contribution < -0.4 is 0 Å². The van der Waals surface area contributed by atoms with Crippen molar-refractivity contribution in [3.8, 4) is 0 Å². The summed E-state index contributed by atoms with van der Waals surface area (Å²) in [6.45, 7) is 2.06. The maximum Gasteiger partial charge on any atom is 0.331 e. The van der Waals surface area contributed by atoms with Gasteiger partial charge in [0.2, 0.25) is 0 Å². The Balaban J connectivity index is 2.04. The molecule has 1 heterocycles. The van der Waals surface area contributed by atoms with E-state index in [1.54, 1.807) is 0 Å². The number of hydrogen-bond acceptors (Lipinski definition) is 2. The minimum absolute atomic E-state index is 0.174. The Morgan fingerprint density at radius 3 is 2.67 bits per heavy atom. The van der Waals surface area contributed by atoms with Crippen LogP contribution in [0.25, 0.3) is 10.8 Å². The van der Waals surface area contributed by atoms with Gasteiger partial charge in [-0.25, -0.2) is 4.79 Å². The Hall–Kier alpha value is -2.09. The maximum atomic E-state index is 11.3. The van der Waals surface area contributed by atoms with Crippen LogP contribution in [0.1, 0.15) is 18.6 Å². The van der Waals surface area contributed by atoms with Gasteiger partial charge in [-0.2, -0.15) is 0 Å². The molecule has 2 aromatic carbocycles. The second-order valence-electron chi connectivity index (χ2n) is 4.68. The van der Waals surface area contributed by atoms with Crippen LogP contribution in [0, 0.1) is 5.92 Å². The zero-order chi connectivity index (χ0) is 12.5. The van der Waals surface area contributed by atoms with E-state index in [1.807, 2.05) is 24.3 Å². The minimum Gasteiger partial charge on any atom is -0.454 e. The summed E-state index contributed by atoms with van der Waals surface area (Å²) in [7, 11) is 0. The summed E-state index contributed by atoms with van der Waals surface area (Å²) < 4.78 is 5.41. The minimum atomic E-state index is -0.258. The number of fused-ring (bicyclic) bond motifs is 1. The number of carbonyl (C=O) groups is 1. The smallest absolute Gasteiger partial charge is 0.331 e. The molecule has 90 valence electrons. The van der Waals surface area contributed by atoms with Gasteiger partial charge in [0.25, 0.3) is 0 Å². The van der Waals surface area contributed by atoms with Crippen molar-refractivity contribution < 1.29 is 9.53 Å². The lowest BCUT2D eigenvalue weighted by Crippen LogP contribution is -2.19. The summed E-state index contributed by atoms with van der Waals surface area (Å²) in [5.41, 5.74) is 1.05. The van der Waals surface area contributed by atoms with Crippen LogP contribution in [0.15, 0.2) is 54.6 Å². The molecule has 0 fully saturated rings. The first-order valence-corrected chi connectivity index (χ1v) is 6.11. The third kappa shape index (κ3) is 1.90. The van der Waals surface area contributed by atoms with Crippen LogP contribution in [-0.4, -0.2) is 5.97 Å². The fourth-order valence-electron chi connectivity index (χ4n) is 2.36. The second-order valence-corrected chi connectivity index (χ2v) is 4.68. The number of rotatable bonds is 1. The molecule has 0 aliphatic carbocycles. The van der Waals surface area contributed by atoms with Gasteiger partial charge in [-0.15, -0.1) is 0 Å². The first-order chi connectivity index (χ1) is 8.74. The maximum absolute atomic E-state index is 11.3. The molecule has 0 N–H and O–H groups in total. The summed E-state index contributed by atoms with van der Waals surface area (Å²) in [6.07, 6.45) is 3.24. The lowest BCUT2D eigenvalue weighted by Gasteiger charge is -2.25. The molecule has 3 rings (SSSR count). The van der Waals surface area contributed by atoms with Crippen LogP contribution in [0.3, 0.4) is 0 Å². The van der Waals surface area contributed by atoms with Gasteiger partial charge in [0.05, 0.1) is 0 Å². The molecule has 0 aromatic heterocycles. The molecule has 2 heteroatoms. The lowest BCUT2D eigenvalue weighted by molar-refractivity contribution is -0.146. The van der Waals surface area contributed by atoms with Gasteiger partial charge in [-0.1, -0.05) is 49.4 Å². The first-order valence-electron chi connectivity index (χ1n) is 6.11. The summed E-state index contributed by atoms with van der Waals surface area (Å²) >= 11 is 0. The summed E-state index contributed by atoms with van der Waals surface area (Å²) in [5.74, 6) is -0.0462. The fraction of sp³-hybridized carbons (Fsp3) is 0.188. The van der Waals surface area contributed by atoms with Crippen molar-refractivity contribution in [1.29, 1.82) is 0 Å². The highest BCUT2D eigenvalue weighted by molar-refractivity contribution is 5.84. The number of esters is 1. The van der Waals surface area contributed by atoms with Gasteiger partial charge in [-0.3, -0.25) is 0 Å². The number of carbonyl (C=O) groups excluding carboxylic acids is 1. The molecule has 18 heavy (non-hydrogen) atoms. The van der Waals surface area contributed by atoms with E-state index in [0.29, 0.717) is 0 Å². The van der Waals surface area contributed by atoms with E-state index < -0.39 is 0 Å². The first kappa shape index (κ1) is 11.0. The molecule has 2 nitrogen and oxygen atoms in total. The van der Waals surface area contributed by atoms with Crippen LogP contribution in [0.4, 0.5) is 0 Å². The van der Waals surface area contributed by atoms with Crippen molar-refractivity contribution in [3.63, 3.8) is 0 Å². The Kier molecular flexibility index (Phi) is 2.63. The molecule has 0 radical (unpaired) electrons. The van der Waals surface area contributed by atoms with Crippen molar-refractivity contribution in [3.05, 3.63) is 60.2 Å². The standard InChI is InChI=1S/C16H14O2/c1-11-6-9-15(17)18-16(11)14-8-7-12-4-2-3-5-13(12)10-14/h2-11,16H,1H3/t11-,16-/m0/s1. The molecule has 2 aromatic rings. The Bertz CT molecular complexity index is 628. The molecule has 0 amide bonds. The molecule has 0 unspecified atom stereocenters. The van der Waals surface area contributed by atoms with Crippen molar-refractivity contribution in [2.75, 3.05) is 0 Å². The zero-order valence-corrected chi connectivity index (χ0v) is 10.2. The highest BCUT2D eigenvalue weighted by atomic mass is 16.5. The van der Waals surface area contributed by atoms with E-state index in [2.05, 4.69) is 31.2 Å². The van der Waals surface area contributed by atoms with E-state index in [9.17, 15) is 4.79 Å². The molecule has 0 spiro atoms. The van der Waals surface area contributed by atoms with Gasteiger partial charge in [-0.05, 0) is 22.4 Å². The number of hydrogen-bond donors (Lipinski definition) is 0. The van der Waals surface area contributed by atoms with Crippen LogP contribution in [-0.2, 0) is 9.53 Å². The quantitative estimate of drug-likeness (QED) is 0.709. The van der Waals surface area contributed by atoms with E-state index >= 15 is 0 Å². The molecular formula is C16H14O2. The predicted octanol–water partition coefficient (Wildman–Crippen LogP) is 3.63. The van der Waals surface area contributed by atoms with Crippen molar-refractivity contribution in [2.45, 2.75) is 13.0 Å². The second kappa shape index (κ2) is 4.30. The molecule has 1 aliphatic rings. The van der Waals surface area contributed by atoms with Crippen LogP contribution in [0.2, 0.25) is 0 Å². The Morgan fingerprint density at radius 2 is 1.83 bits per heavy atom. The van der Waals surface area contributed by atoms with E-state index in [0.717, 1.165) is 5.56 Å². The third-order valence-electron chi connectivity index (χ3n) is 3.36. The number of benzene rings is 2. The fourth-order valence-corrected chi connectivity index (χ4v) is 2.36. The average Bonchev–Trinajstić information content (AvgIpc) is 2.41. The largest absolute Gasteiger partial charge is 0.454 e. The molecule has 1 aliphatic heterocycles. The highest BCUT2D eigenvalue weighted by Crippen LogP contribution is 2.31. The van der Waals surface area contributed by atoms with Gasteiger partial charge in [0.15, 0.2) is 0 Å². The number of ether oxygens (including phenoxy) is 1. The van der Waals surface area contributed by atoms with Gasteiger partial charge < -0.3 is 4.74 Å². The van der Waals surface area contributed by atoms with Crippen LogP contribution >= 0.6 is 0 Å². The monoisotopic (exact) mass is 238 g/mol. The van der Waals surface area contributed by atoms with Crippen molar-refractivity contribution in [1.82, 2.24) is 0 Å². The SMILES string of the molecule is C[C@H]1C=CC(=O)O[C@@H]1c1ccc2ccccc2c1. The van der Waals surface area contributed by atoms with E-state index in [1.165, 1.54) is 16.8 Å². The highest BCUT2D eigenvalue weighted by Gasteiger charge is 2.24. The predicted molar refractivity (Wildman–Crippen MR) is 71.1 cm³/mol. The summed E-state index contributed by atoms with van der Waals surface area (Å²) in [6, 6.07) is 14.4. The average molecular weight is 238 g/mol. The molecule has 0 saturated heterocycles. The van der Waals surface area contributed by atoms with Gasteiger partial charge in [0, 0.05) is 12.0 Å². The van der Waals surface area contributed by atoms with E-state index in [4.69, 9.17) is 4.74 Å². The zero-order valence-electron chi connectivity index (χ0n) is 10.2. The molecule has 0 saturated carbocycles. The van der Waals surface area contributed by atoms with Crippen LogP contribution in [0.5, 0.6) is 0 Å².